The number of nitro benzene ring substituents is 1. The molecular formula is C25H21N3O6. The highest BCUT2D eigenvalue weighted by Gasteiger charge is 2.37. The number of nitrogens with one attached hydrogen (secondary N) is 1. The van der Waals surface area contributed by atoms with E-state index in [0.29, 0.717) is 22.7 Å². The van der Waals surface area contributed by atoms with Gasteiger partial charge in [-0.15, -0.1) is 0 Å². The third kappa shape index (κ3) is 4.49. The highest BCUT2D eigenvalue weighted by atomic mass is 16.6. The quantitative estimate of drug-likeness (QED) is 0.335. The van der Waals surface area contributed by atoms with Crippen molar-refractivity contribution in [2.45, 2.75) is 26.3 Å². The molecule has 0 bridgehead atoms. The Morgan fingerprint density at radius 2 is 1.47 bits per heavy atom. The molecule has 0 spiro atoms. The van der Waals surface area contributed by atoms with E-state index in [9.17, 15) is 24.5 Å². The molecule has 0 radical (unpaired) electrons. The molecule has 1 N–H and O–H groups in total. The van der Waals surface area contributed by atoms with Crippen LogP contribution in [0.25, 0.3) is 0 Å². The SMILES string of the molecule is CC(C)(C)NC(=O)c1ccc(N2C(=O)c3ccc(Oc4ccc([N+](=O)[O-])cc4)cc3C2=O)cc1. The second kappa shape index (κ2) is 8.43. The van der Waals surface area contributed by atoms with Gasteiger partial charge in [0.15, 0.2) is 0 Å². The standard InChI is InChI=1S/C25H21N3O6/c1-25(2,3)26-22(29)15-4-6-16(7-5-15)27-23(30)20-13-12-19(14-21(20)24(27)31)34-18-10-8-17(9-11-18)28(32)33/h4-14H,1-3H3,(H,26,29). The van der Waals surface area contributed by atoms with Gasteiger partial charge in [-0.3, -0.25) is 24.5 Å². The van der Waals surface area contributed by atoms with Gasteiger partial charge in [0.2, 0.25) is 0 Å². The average molecular weight is 459 g/mol. The number of nitrogens with zero attached hydrogens (tertiary/aromatic N) is 2. The summed E-state index contributed by atoms with van der Waals surface area (Å²) in [6, 6.07) is 16.2. The van der Waals surface area contributed by atoms with Crippen molar-refractivity contribution in [3.63, 3.8) is 0 Å². The smallest absolute Gasteiger partial charge is 0.269 e. The summed E-state index contributed by atoms with van der Waals surface area (Å²) in [4.78, 5) is 49.6. The van der Waals surface area contributed by atoms with Crippen molar-refractivity contribution in [2.24, 2.45) is 0 Å². The van der Waals surface area contributed by atoms with Crippen LogP contribution in [0.2, 0.25) is 0 Å². The van der Waals surface area contributed by atoms with E-state index < -0.39 is 22.3 Å². The molecule has 0 atom stereocenters. The fourth-order valence-electron chi connectivity index (χ4n) is 3.46. The molecule has 9 heteroatoms. The maximum atomic E-state index is 13.0. The molecule has 172 valence electrons. The zero-order valence-electron chi connectivity index (χ0n) is 18.7. The van der Waals surface area contributed by atoms with E-state index in [2.05, 4.69) is 5.32 Å². The number of hydrogen-bond acceptors (Lipinski definition) is 6. The fourth-order valence-corrected chi connectivity index (χ4v) is 3.46. The van der Waals surface area contributed by atoms with Crippen LogP contribution in [0.4, 0.5) is 11.4 Å². The highest BCUT2D eigenvalue weighted by Crippen LogP contribution is 2.33. The van der Waals surface area contributed by atoms with Crippen molar-refractivity contribution in [2.75, 3.05) is 4.90 Å². The predicted octanol–water partition coefficient (Wildman–Crippen LogP) is 4.72. The summed E-state index contributed by atoms with van der Waals surface area (Å²) in [5, 5.41) is 13.6. The number of non-ortho nitro benzene ring substituents is 1. The first-order valence-electron chi connectivity index (χ1n) is 10.4. The number of amides is 3. The molecule has 0 saturated heterocycles. The number of fused-ring (bicyclic) bond motifs is 1. The molecule has 0 fully saturated rings. The van der Waals surface area contributed by atoms with E-state index in [4.69, 9.17) is 4.74 Å². The van der Waals surface area contributed by atoms with Gasteiger partial charge in [-0.1, -0.05) is 0 Å². The van der Waals surface area contributed by atoms with Crippen molar-refractivity contribution in [1.82, 2.24) is 5.32 Å². The molecule has 9 nitrogen and oxygen atoms in total. The lowest BCUT2D eigenvalue weighted by Crippen LogP contribution is -2.40. The van der Waals surface area contributed by atoms with E-state index in [0.717, 1.165) is 4.90 Å². The summed E-state index contributed by atoms with van der Waals surface area (Å²) in [5.41, 5.74) is 0.701. The Balaban J connectivity index is 1.54. The van der Waals surface area contributed by atoms with Gasteiger partial charge < -0.3 is 10.1 Å². The van der Waals surface area contributed by atoms with Crippen molar-refractivity contribution >= 4 is 29.1 Å². The maximum absolute atomic E-state index is 13.0. The second-order valence-electron chi connectivity index (χ2n) is 8.76. The lowest BCUT2D eigenvalue weighted by atomic mass is 10.1. The van der Waals surface area contributed by atoms with Crippen molar-refractivity contribution in [1.29, 1.82) is 0 Å². The van der Waals surface area contributed by atoms with Gasteiger partial charge in [0.05, 0.1) is 21.7 Å². The van der Waals surface area contributed by atoms with Gasteiger partial charge in [0.25, 0.3) is 23.4 Å². The van der Waals surface area contributed by atoms with E-state index in [1.165, 1.54) is 36.4 Å². The van der Waals surface area contributed by atoms with Crippen LogP contribution in [0.5, 0.6) is 11.5 Å². The number of ether oxygens (including phenoxy) is 1. The molecule has 3 aromatic rings. The van der Waals surface area contributed by atoms with Gasteiger partial charge in [0, 0.05) is 23.2 Å². The number of rotatable bonds is 5. The van der Waals surface area contributed by atoms with Gasteiger partial charge in [-0.05, 0) is 75.4 Å². The molecule has 4 rings (SSSR count). The first kappa shape index (κ1) is 22.7. The first-order chi connectivity index (χ1) is 16.0. The summed E-state index contributed by atoms with van der Waals surface area (Å²) in [6.45, 7) is 5.62. The third-order valence-corrected chi connectivity index (χ3v) is 5.02. The molecule has 1 aliphatic heterocycles. The van der Waals surface area contributed by atoms with Crippen molar-refractivity contribution in [3.8, 4) is 11.5 Å². The number of carbonyl (C=O) groups is 3. The van der Waals surface area contributed by atoms with Crippen molar-refractivity contribution < 1.29 is 24.0 Å². The Morgan fingerprint density at radius 1 is 0.882 bits per heavy atom. The summed E-state index contributed by atoms with van der Waals surface area (Å²) < 4.78 is 5.70. The van der Waals surface area contributed by atoms with E-state index in [1.54, 1.807) is 30.3 Å². The van der Waals surface area contributed by atoms with Crippen LogP contribution in [0.3, 0.4) is 0 Å². The van der Waals surface area contributed by atoms with Crippen LogP contribution >= 0.6 is 0 Å². The monoisotopic (exact) mass is 459 g/mol. The third-order valence-electron chi connectivity index (χ3n) is 5.02. The molecule has 0 saturated carbocycles. The molecule has 1 aliphatic rings. The van der Waals surface area contributed by atoms with E-state index in [-0.39, 0.29) is 22.7 Å². The van der Waals surface area contributed by atoms with Crippen molar-refractivity contribution in [3.05, 3.63) is 93.5 Å². The Bertz CT molecular complexity index is 1310. The van der Waals surface area contributed by atoms with Crippen LogP contribution in [-0.4, -0.2) is 28.2 Å². The Hall–Kier alpha value is -4.53. The fraction of sp³-hybridized carbons (Fsp3) is 0.160. The molecule has 3 aromatic carbocycles. The summed E-state index contributed by atoms with van der Waals surface area (Å²) in [7, 11) is 0. The Kier molecular flexibility index (Phi) is 5.62. The summed E-state index contributed by atoms with van der Waals surface area (Å²) >= 11 is 0. The maximum Gasteiger partial charge on any atom is 0.269 e. The molecular weight excluding hydrogens is 438 g/mol. The largest absolute Gasteiger partial charge is 0.457 e. The summed E-state index contributed by atoms with van der Waals surface area (Å²) in [6.07, 6.45) is 0. The molecule has 0 aliphatic carbocycles. The van der Waals surface area contributed by atoms with Crippen LogP contribution in [0, 0.1) is 10.1 Å². The minimum Gasteiger partial charge on any atom is -0.457 e. The number of benzene rings is 3. The van der Waals surface area contributed by atoms with Gasteiger partial charge in [-0.2, -0.15) is 0 Å². The number of carbonyl (C=O) groups excluding carboxylic acids is 3. The van der Waals surface area contributed by atoms with E-state index in [1.807, 2.05) is 20.8 Å². The predicted molar refractivity (Wildman–Crippen MR) is 124 cm³/mol. The molecule has 34 heavy (non-hydrogen) atoms. The second-order valence-corrected chi connectivity index (χ2v) is 8.76. The lowest BCUT2D eigenvalue weighted by molar-refractivity contribution is -0.384. The Labute approximate surface area is 195 Å². The number of nitro groups is 1. The average Bonchev–Trinajstić information content (AvgIpc) is 3.02. The zero-order valence-corrected chi connectivity index (χ0v) is 18.7. The van der Waals surface area contributed by atoms with Crippen LogP contribution in [0.1, 0.15) is 51.8 Å². The van der Waals surface area contributed by atoms with E-state index >= 15 is 0 Å². The molecule has 1 heterocycles. The van der Waals surface area contributed by atoms with Crippen LogP contribution in [0.15, 0.2) is 66.7 Å². The van der Waals surface area contributed by atoms with Gasteiger partial charge in [-0.25, -0.2) is 4.90 Å². The topological polar surface area (TPSA) is 119 Å². The summed E-state index contributed by atoms with van der Waals surface area (Å²) in [5.74, 6) is -0.586. The van der Waals surface area contributed by atoms with Crippen LogP contribution < -0.4 is 15.0 Å². The zero-order chi connectivity index (χ0) is 24.6. The van der Waals surface area contributed by atoms with Crippen LogP contribution in [-0.2, 0) is 0 Å². The van der Waals surface area contributed by atoms with Gasteiger partial charge >= 0.3 is 0 Å². The number of hydrogen-bond donors (Lipinski definition) is 1. The molecule has 0 unspecified atom stereocenters. The molecule has 3 amide bonds. The molecule has 0 aromatic heterocycles. The minimum atomic E-state index is -0.513. The Morgan fingerprint density at radius 3 is 2.06 bits per heavy atom. The lowest BCUT2D eigenvalue weighted by Gasteiger charge is -2.21. The number of anilines is 1. The minimum absolute atomic E-state index is 0.0698. The number of imide groups is 1. The van der Waals surface area contributed by atoms with Gasteiger partial charge in [0.1, 0.15) is 11.5 Å². The normalized spacial score (nSPS) is 13.0. The highest BCUT2D eigenvalue weighted by molar-refractivity contribution is 6.34. The first-order valence-corrected chi connectivity index (χ1v) is 10.4.